The molecule has 1 rings (SSSR count). The lowest BCUT2D eigenvalue weighted by molar-refractivity contribution is 0.0599. The van der Waals surface area contributed by atoms with Crippen molar-refractivity contribution in [3.05, 3.63) is 23.0 Å². The molecule has 1 unspecified atom stereocenters. The van der Waals surface area contributed by atoms with Gasteiger partial charge in [-0.3, -0.25) is 0 Å². The van der Waals surface area contributed by atoms with E-state index < -0.39 is 18.2 Å². The molecule has 1 heterocycles. The highest BCUT2D eigenvalue weighted by atomic mass is 16.7. The summed E-state index contributed by atoms with van der Waals surface area (Å²) >= 11 is 0. The van der Waals surface area contributed by atoms with Gasteiger partial charge in [0, 0.05) is 0 Å². The van der Waals surface area contributed by atoms with Crippen LogP contribution in [0.1, 0.15) is 27.7 Å². The molecule has 0 saturated carbocycles. The molecule has 1 atom stereocenters. The minimum Gasteiger partial charge on any atom is -0.434 e. The third-order valence-electron chi connectivity index (χ3n) is 2.65. The Kier molecular flexibility index (Phi) is 5.89. The molecule has 0 amide bonds. The van der Waals surface area contributed by atoms with Crippen molar-refractivity contribution in [2.24, 2.45) is 11.7 Å². The van der Waals surface area contributed by atoms with Gasteiger partial charge in [0.05, 0.1) is 24.8 Å². The predicted molar refractivity (Wildman–Crippen MR) is 72.4 cm³/mol. The molecule has 0 aromatic carbocycles. The normalized spacial score (nSPS) is 18.0. The second kappa shape index (κ2) is 7.41. The molecule has 0 aromatic heterocycles. The first-order valence-corrected chi connectivity index (χ1v) is 6.57. The lowest BCUT2D eigenvalue weighted by atomic mass is 10.0. The number of nitrogens with two attached hydrogens (primary N) is 1. The summed E-state index contributed by atoms with van der Waals surface area (Å²) in [6, 6.07) is 0. The molecule has 1 aliphatic rings. The first kappa shape index (κ1) is 16.7. The van der Waals surface area contributed by atoms with Gasteiger partial charge in [0.25, 0.3) is 0 Å². The number of ether oxygens (including phenoxy) is 4. The van der Waals surface area contributed by atoms with Gasteiger partial charge in [-0.1, -0.05) is 0 Å². The summed E-state index contributed by atoms with van der Waals surface area (Å²) in [5.41, 5.74) is 6.32. The van der Waals surface area contributed by atoms with Gasteiger partial charge in [0.1, 0.15) is 11.6 Å². The minimum absolute atomic E-state index is 0.123. The lowest BCUT2D eigenvalue weighted by Crippen LogP contribution is -2.33. The summed E-state index contributed by atoms with van der Waals surface area (Å²) in [5, 5.41) is 2.78. The second-order valence-corrected chi connectivity index (χ2v) is 4.18. The Morgan fingerprint density at radius 2 is 1.57 bits per heavy atom. The van der Waals surface area contributed by atoms with Crippen molar-refractivity contribution in [2.75, 3.05) is 13.2 Å². The van der Waals surface area contributed by atoms with Crippen molar-refractivity contribution in [1.29, 1.82) is 0 Å². The molecule has 21 heavy (non-hydrogen) atoms. The van der Waals surface area contributed by atoms with Crippen LogP contribution < -0.4 is 11.1 Å². The predicted octanol–water partition coefficient (Wildman–Crippen LogP) is 1.93. The maximum Gasteiger partial charge on any atom is 0.513 e. The van der Waals surface area contributed by atoms with Gasteiger partial charge in [-0.2, -0.15) is 0 Å². The largest absolute Gasteiger partial charge is 0.513 e. The maximum atomic E-state index is 11.4. The van der Waals surface area contributed by atoms with Gasteiger partial charge in [-0.25, -0.2) is 9.59 Å². The molecule has 8 nitrogen and oxygen atoms in total. The Hall–Kier alpha value is -2.38. The highest BCUT2D eigenvalue weighted by Crippen LogP contribution is 2.29. The van der Waals surface area contributed by atoms with Crippen LogP contribution >= 0.6 is 0 Å². The van der Waals surface area contributed by atoms with E-state index in [4.69, 9.17) is 24.7 Å². The monoisotopic (exact) mass is 300 g/mol. The quantitative estimate of drug-likeness (QED) is 0.758. The Morgan fingerprint density at radius 1 is 1.10 bits per heavy atom. The van der Waals surface area contributed by atoms with E-state index in [1.165, 1.54) is 0 Å². The molecule has 0 aromatic rings. The molecule has 0 aliphatic carbocycles. The summed E-state index contributed by atoms with van der Waals surface area (Å²) < 4.78 is 19.6. The molecule has 1 aliphatic heterocycles. The molecule has 8 heteroatoms. The number of dihydropyridines is 1. The zero-order valence-corrected chi connectivity index (χ0v) is 12.5. The van der Waals surface area contributed by atoms with Crippen LogP contribution in [0, 0.1) is 5.92 Å². The first-order valence-electron chi connectivity index (χ1n) is 6.57. The van der Waals surface area contributed by atoms with Crippen molar-refractivity contribution in [1.82, 2.24) is 5.32 Å². The number of carbonyl (C=O) groups is 2. The van der Waals surface area contributed by atoms with Crippen molar-refractivity contribution >= 4 is 12.3 Å². The van der Waals surface area contributed by atoms with Gasteiger partial charge >= 0.3 is 12.3 Å². The molecule has 118 valence electrons. The fourth-order valence-corrected chi connectivity index (χ4v) is 1.78. The molecule has 0 radical (unpaired) electrons. The van der Waals surface area contributed by atoms with E-state index in [0.717, 1.165) is 0 Å². The lowest BCUT2D eigenvalue weighted by Gasteiger charge is -2.27. The van der Waals surface area contributed by atoms with Crippen LogP contribution in [0.4, 0.5) is 9.59 Å². The Bertz CT molecular complexity index is 441. The third kappa shape index (κ3) is 4.30. The molecular formula is C13H20N2O6. The van der Waals surface area contributed by atoms with Gasteiger partial charge in [-0.05, 0) is 27.7 Å². The summed E-state index contributed by atoms with van der Waals surface area (Å²) in [4.78, 5) is 22.8. The van der Waals surface area contributed by atoms with E-state index in [9.17, 15) is 9.59 Å². The molecule has 0 fully saturated rings. The van der Waals surface area contributed by atoms with Crippen LogP contribution in [0.15, 0.2) is 23.0 Å². The Morgan fingerprint density at radius 3 is 2.05 bits per heavy atom. The first-order chi connectivity index (χ1) is 9.90. The average molecular weight is 300 g/mol. The van der Waals surface area contributed by atoms with Crippen molar-refractivity contribution in [3.63, 3.8) is 0 Å². The van der Waals surface area contributed by atoms with E-state index in [-0.39, 0.29) is 30.6 Å². The zero-order chi connectivity index (χ0) is 16.0. The topological polar surface area (TPSA) is 109 Å². The number of hydrogen-bond donors (Lipinski definition) is 2. The van der Waals surface area contributed by atoms with E-state index in [1.54, 1.807) is 27.7 Å². The van der Waals surface area contributed by atoms with Gasteiger partial charge in [0.15, 0.2) is 5.76 Å². The van der Waals surface area contributed by atoms with Gasteiger partial charge < -0.3 is 30.0 Å². The highest BCUT2D eigenvalue weighted by Gasteiger charge is 2.31. The summed E-state index contributed by atoms with van der Waals surface area (Å²) in [6.07, 6.45) is -1.71. The molecule has 3 N–H and O–H groups in total. The molecule has 0 saturated heterocycles. The summed E-state index contributed by atoms with van der Waals surface area (Å²) in [7, 11) is 0. The number of allylic oxidation sites excluding steroid dienone is 1. The van der Waals surface area contributed by atoms with E-state index in [2.05, 4.69) is 5.32 Å². The van der Waals surface area contributed by atoms with Crippen molar-refractivity contribution in [2.45, 2.75) is 27.7 Å². The Balaban J connectivity index is 2.86. The van der Waals surface area contributed by atoms with Gasteiger partial charge in [-0.15, -0.1) is 0 Å². The van der Waals surface area contributed by atoms with E-state index in [0.29, 0.717) is 5.70 Å². The van der Waals surface area contributed by atoms with Crippen LogP contribution in [-0.2, 0) is 18.9 Å². The molecule has 0 spiro atoms. The molecule has 0 bridgehead atoms. The Labute approximate surface area is 122 Å². The fraction of sp³-hybridized carbons (Fsp3) is 0.538. The second-order valence-electron chi connectivity index (χ2n) is 4.18. The van der Waals surface area contributed by atoms with Crippen LogP contribution in [0.5, 0.6) is 0 Å². The standard InChI is InChI=1S/C13H20N2O6/c1-5-18-12(16)20-9-7(3)10(11(14)15-8(9)4)21-13(17)19-6-2/h7,15H,5-6,14H2,1-4H3. The number of hydrogen-bond acceptors (Lipinski definition) is 8. The number of rotatable bonds is 4. The van der Waals surface area contributed by atoms with Gasteiger partial charge in [0.2, 0.25) is 0 Å². The zero-order valence-electron chi connectivity index (χ0n) is 12.5. The van der Waals surface area contributed by atoms with Crippen LogP contribution in [0.25, 0.3) is 0 Å². The van der Waals surface area contributed by atoms with Crippen molar-refractivity contribution < 1.29 is 28.5 Å². The molecular weight excluding hydrogens is 280 g/mol. The number of nitrogens with one attached hydrogen (secondary N) is 1. The van der Waals surface area contributed by atoms with E-state index >= 15 is 0 Å². The van der Waals surface area contributed by atoms with Crippen LogP contribution in [-0.4, -0.2) is 25.5 Å². The maximum absolute atomic E-state index is 11.4. The summed E-state index contributed by atoms with van der Waals surface area (Å²) in [5.74, 6) is 0.00428. The minimum atomic E-state index is -0.876. The average Bonchev–Trinajstić information content (AvgIpc) is 2.40. The summed E-state index contributed by atoms with van der Waals surface area (Å²) in [6.45, 7) is 7.05. The van der Waals surface area contributed by atoms with Crippen LogP contribution in [0.2, 0.25) is 0 Å². The number of carbonyl (C=O) groups excluding carboxylic acids is 2. The highest BCUT2D eigenvalue weighted by molar-refractivity contribution is 5.63. The SMILES string of the molecule is CCOC(=O)OC1=C(C)NC(N)=C(OC(=O)OCC)C1C. The van der Waals surface area contributed by atoms with E-state index in [1.807, 2.05) is 0 Å². The van der Waals surface area contributed by atoms with Crippen LogP contribution in [0.3, 0.4) is 0 Å². The van der Waals surface area contributed by atoms with Crippen molar-refractivity contribution in [3.8, 4) is 0 Å². The smallest absolute Gasteiger partial charge is 0.434 e. The third-order valence-corrected chi connectivity index (χ3v) is 2.65. The fourth-order valence-electron chi connectivity index (χ4n) is 1.78.